The standard InChI is InChI=1S/C4H6O2.7C3H8O2/c1-3(2)4(5)6;7*1-3(5)2-4/h1H2,2H3,(H,5,6);7*3-5H,2H2,1H3. The van der Waals surface area contributed by atoms with Crippen molar-refractivity contribution < 1.29 is 81.4 Å². The molecule has 7 unspecified atom stereocenters. The zero-order chi connectivity index (χ0) is 35.1. The summed E-state index contributed by atoms with van der Waals surface area (Å²) >= 11 is 0. The van der Waals surface area contributed by atoms with Crippen LogP contribution < -0.4 is 0 Å². The van der Waals surface area contributed by atoms with E-state index in [4.69, 9.17) is 76.6 Å². The van der Waals surface area contributed by atoms with Crippen LogP contribution in [-0.2, 0) is 4.79 Å². The highest BCUT2D eigenvalue weighted by Crippen LogP contribution is 1.81. The van der Waals surface area contributed by atoms with Gasteiger partial charge in [0.05, 0.1) is 89.0 Å². The van der Waals surface area contributed by atoms with Crippen molar-refractivity contribution in [1.29, 1.82) is 0 Å². The third-order valence-corrected chi connectivity index (χ3v) is 2.21. The van der Waals surface area contributed by atoms with Crippen LogP contribution in [-0.4, -0.2) is 172 Å². The molecule has 0 aromatic rings. The Balaban J connectivity index is -0.0000000506. The molecule has 0 amide bonds. The van der Waals surface area contributed by atoms with Crippen molar-refractivity contribution in [2.75, 3.05) is 46.2 Å². The molecule has 0 saturated carbocycles. The number of rotatable bonds is 8. The SMILES string of the molecule is C=C(C)C(=O)O.CC(O)CO.CC(O)CO.CC(O)CO.CC(O)CO.CC(O)CO.CC(O)CO.CC(O)CO. The van der Waals surface area contributed by atoms with E-state index in [1.165, 1.54) is 55.4 Å². The molecule has 41 heavy (non-hydrogen) atoms. The highest BCUT2D eigenvalue weighted by molar-refractivity contribution is 5.84. The molecule has 0 aliphatic carbocycles. The van der Waals surface area contributed by atoms with Crippen LogP contribution in [0.1, 0.15) is 55.4 Å². The summed E-state index contributed by atoms with van der Waals surface area (Å²) in [4.78, 5) is 9.60. The van der Waals surface area contributed by atoms with Gasteiger partial charge in [-0.2, -0.15) is 0 Å². The molecule has 0 spiro atoms. The number of aliphatic hydroxyl groups is 14. The summed E-state index contributed by atoms with van der Waals surface area (Å²) in [6.07, 6.45) is -3.92. The van der Waals surface area contributed by atoms with Crippen molar-refractivity contribution in [1.82, 2.24) is 0 Å². The number of aliphatic hydroxyl groups excluding tert-OH is 14. The lowest BCUT2D eigenvalue weighted by molar-refractivity contribution is -0.132. The van der Waals surface area contributed by atoms with E-state index in [1.54, 1.807) is 0 Å². The first-order valence-electron chi connectivity index (χ1n) is 12.5. The Morgan fingerprint density at radius 2 is 0.488 bits per heavy atom. The summed E-state index contributed by atoms with van der Waals surface area (Å²) in [6.45, 7) is 14.3. The van der Waals surface area contributed by atoms with Gasteiger partial charge in [-0.15, -0.1) is 0 Å². The van der Waals surface area contributed by atoms with E-state index in [-0.39, 0.29) is 51.8 Å². The first-order valence-corrected chi connectivity index (χ1v) is 12.5. The largest absolute Gasteiger partial charge is 0.478 e. The van der Waals surface area contributed by atoms with Crippen LogP contribution in [0.2, 0.25) is 0 Å². The molecule has 258 valence electrons. The van der Waals surface area contributed by atoms with Gasteiger partial charge in [-0.1, -0.05) is 6.58 Å². The third-order valence-electron chi connectivity index (χ3n) is 2.21. The Kier molecular flexibility index (Phi) is 74.1. The maximum absolute atomic E-state index is 9.60. The molecule has 0 aliphatic rings. The Morgan fingerprint density at radius 3 is 0.488 bits per heavy atom. The van der Waals surface area contributed by atoms with Gasteiger partial charge in [0.25, 0.3) is 0 Å². The minimum absolute atomic E-state index is 0.139. The fourth-order valence-corrected chi connectivity index (χ4v) is 0. The van der Waals surface area contributed by atoms with Crippen molar-refractivity contribution >= 4 is 5.97 Å². The van der Waals surface area contributed by atoms with Gasteiger partial charge in [0.2, 0.25) is 0 Å². The second kappa shape index (κ2) is 51.4. The molecule has 7 atom stereocenters. The molecule has 0 aromatic carbocycles. The van der Waals surface area contributed by atoms with Crippen molar-refractivity contribution in [2.45, 2.75) is 98.1 Å². The molecule has 0 aliphatic heterocycles. The van der Waals surface area contributed by atoms with Gasteiger partial charge in [0, 0.05) is 5.57 Å². The molecule has 15 N–H and O–H groups in total. The molecule has 0 saturated heterocycles. The molecule has 16 heteroatoms. The highest BCUT2D eigenvalue weighted by Gasteiger charge is 1.90. The Morgan fingerprint density at radius 1 is 0.439 bits per heavy atom. The van der Waals surface area contributed by atoms with Crippen LogP contribution in [0.5, 0.6) is 0 Å². The topological polar surface area (TPSA) is 321 Å². The quantitative estimate of drug-likeness (QED) is 0.116. The van der Waals surface area contributed by atoms with Gasteiger partial charge in [0.1, 0.15) is 0 Å². The highest BCUT2D eigenvalue weighted by atomic mass is 16.4. The summed E-state index contributed by atoms with van der Waals surface area (Å²) in [5.74, 6) is -0.935. The number of carbonyl (C=O) groups is 1. The smallest absolute Gasteiger partial charge is 0.330 e. The van der Waals surface area contributed by atoms with Gasteiger partial charge in [-0.05, 0) is 55.4 Å². The molecule has 0 bridgehead atoms. The lowest BCUT2D eigenvalue weighted by Crippen LogP contribution is -2.03. The van der Waals surface area contributed by atoms with E-state index in [2.05, 4.69) is 6.58 Å². The van der Waals surface area contributed by atoms with Crippen molar-refractivity contribution in [3.05, 3.63) is 12.2 Å². The lowest BCUT2D eigenvalue weighted by atomic mass is 10.4. The van der Waals surface area contributed by atoms with E-state index < -0.39 is 48.7 Å². The summed E-state index contributed by atoms with van der Waals surface area (Å²) in [5.41, 5.74) is 0.176. The van der Waals surface area contributed by atoms with Crippen LogP contribution in [0.15, 0.2) is 12.2 Å². The molecule has 16 nitrogen and oxygen atoms in total. The Labute approximate surface area is 244 Å². The molecule has 0 fully saturated rings. The van der Waals surface area contributed by atoms with E-state index in [1.807, 2.05) is 0 Å². The molecule has 0 radical (unpaired) electrons. The summed E-state index contributed by atoms with van der Waals surface area (Å²) in [6, 6.07) is 0. The number of carboxylic acid groups (broad SMARTS) is 1. The van der Waals surface area contributed by atoms with Crippen LogP contribution >= 0.6 is 0 Å². The fraction of sp³-hybridized carbons (Fsp3) is 0.880. The second-order valence-corrected chi connectivity index (χ2v) is 8.31. The predicted octanol–water partition coefficient (Wildman–Crippen LogP) is -3.84. The average Bonchev–Trinajstić information content (AvgIpc) is 2.90. The van der Waals surface area contributed by atoms with Crippen molar-refractivity contribution in [2.24, 2.45) is 0 Å². The van der Waals surface area contributed by atoms with Crippen molar-refractivity contribution in [3.8, 4) is 0 Å². The molecular weight excluding hydrogens is 556 g/mol. The monoisotopic (exact) mass is 618 g/mol. The first kappa shape index (κ1) is 59.1. The lowest BCUT2D eigenvalue weighted by Gasteiger charge is -1.90. The number of hydrogen-bond acceptors (Lipinski definition) is 15. The Hall–Kier alpha value is -1.35. The number of carboxylic acids is 1. The summed E-state index contributed by atoms with van der Waals surface area (Å²) in [5, 5.41) is 120. The number of hydrogen-bond donors (Lipinski definition) is 15. The van der Waals surface area contributed by atoms with Gasteiger partial charge < -0.3 is 76.6 Å². The normalized spacial score (nSPS) is 13.9. The van der Waals surface area contributed by atoms with Gasteiger partial charge in [-0.3, -0.25) is 0 Å². The zero-order valence-electron chi connectivity index (χ0n) is 25.8. The minimum Gasteiger partial charge on any atom is -0.478 e. The zero-order valence-corrected chi connectivity index (χ0v) is 25.8. The predicted molar refractivity (Wildman–Crippen MR) is 154 cm³/mol. The first-order chi connectivity index (χ1) is 18.5. The van der Waals surface area contributed by atoms with E-state index in [9.17, 15) is 4.79 Å². The third kappa shape index (κ3) is 187. The maximum atomic E-state index is 9.60. The van der Waals surface area contributed by atoms with Crippen LogP contribution in [0.3, 0.4) is 0 Å². The van der Waals surface area contributed by atoms with Crippen LogP contribution in [0.25, 0.3) is 0 Å². The Bertz CT molecular complexity index is 353. The molecule has 0 rings (SSSR count). The van der Waals surface area contributed by atoms with E-state index >= 15 is 0 Å². The van der Waals surface area contributed by atoms with Crippen molar-refractivity contribution in [3.63, 3.8) is 0 Å². The molecule has 0 heterocycles. The van der Waals surface area contributed by atoms with Gasteiger partial charge >= 0.3 is 5.97 Å². The van der Waals surface area contributed by atoms with E-state index in [0.29, 0.717) is 0 Å². The van der Waals surface area contributed by atoms with Gasteiger partial charge in [-0.25, -0.2) is 4.79 Å². The van der Waals surface area contributed by atoms with Crippen LogP contribution in [0, 0.1) is 0 Å². The minimum atomic E-state index is -0.935. The van der Waals surface area contributed by atoms with Crippen LogP contribution in [0.4, 0.5) is 0 Å². The molecule has 0 aromatic heterocycles. The average molecular weight is 619 g/mol. The fourth-order valence-electron chi connectivity index (χ4n) is 0. The van der Waals surface area contributed by atoms with E-state index in [0.717, 1.165) is 0 Å². The van der Waals surface area contributed by atoms with Gasteiger partial charge in [0.15, 0.2) is 0 Å². The second-order valence-electron chi connectivity index (χ2n) is 8.31. The summed E-state index contributed by atoms with van der Waals surface area (Å²) in [7, 11) is 0. The maximum Gasteiger partial charge on any atom is 0.330 e. The summed E-state index contributed by atoms with van der Waals surface area (Å²) < 4.78 is 0. The number of aliphatic carboxylic acids is 1. The molecular formula is C25H62O16.